The largest absolute Gasteiger partial charge is 0.511 e. The summed E-state index contributed by atoms with van der Waals surface area (Å²) in [6.07, 6.45) is 0.263. The molecule has 0 aliphatic heterocycles. The molecule has 0 aliphatic rings. The van der Waals surface area contributed by atoms with Crippen molar-refractivity contribution in [2.24, 2.45) is 5.73 Å². The molecule has 7 nitrogen and oxygen atoms in total. The summed E-state index contributed by atoms with van der Waals surface area (Å²) < 4.78 is 29.0. The highest BCUT2D eigenvalue weighted by atomic mass is 32.2. The zero-order valence-electron chi connectivity index (χ0n) is 8.72. The normalized spacial score (nSPS) is 13.1. The predicted molar refractivity (Wildman–Crippen MR) is 58.4 cm³/mol. The van der Waals surface area contributed by atoms with E-state index >= 15 is 0 Å². The molecule has 0 rings (SSSR count). The topological polar surface area (TPSA) is 130 Å². The molecule has 0 saturated heterocycles. The molecule has 0 radical (unpaired) electrons. The van der Waals surface area contributed by atoms with Gasteiger partial charge < -0.3 is 16.2 Å². The fourth-order valence-electron chi connectivity index (χ4n) is 0.861. The van der Waals surface area contributed by atoms with Crippen molar-refractivity contribution >= 4 is 16.0 Å². The van der Waals surface area contributed by atoms with Gasteiger partial charge in [0.25, 0.3) is 10.1 Å². The average Bonchev–Trinajstić information content (AvgIpc) is 2.11. The summed E-state index contributed by atoms with van der Waals surface area (Å²) in [4.78, 5) is 11.1. The molecule has 0 aromatic carbocycles. The maximum absolute atomic E-state index is 11.1. The summed E-state index contributed by atoms with van der Waals surface area (Å²) in [7, 11) is -4.06. The molecule has 5 N–H and O–H groups in total. The zero-order chi connectivity index (χ0) is 12.8. The van der Waals surface area contributed by atoms with Gasteiger partial charge in [0.15, 0.2) is 0 Å². The molecule has 94 valence electrons. The van der Waals surface area contributed by atoms with Crippen molar-refractivity contribution in [3.05, 3.63) is 12.3 Å². The first kappa shape index (κ1) is 14.9. The fourth-order valence-corrected chi connectivity index (χ4v) is 1.22. The van der Waals surface area contributed by atoms with E-state index in [2.05, 4.69) is 11.9 Å². The lowest BCUT2D eigenvalue weighted by Crippen LogP contribution is -2.31. The Hall–Kier alpha value is -1.12. The summed E-state index contributed by atoms with van der Waals surface area (Å²) >= 11 is 0. The Bertz CT molecular complexity index is 351. The highest BCUT2D eigenvalue weighted by Crippen LogP contribution is 2.00. The fraction of sp³-hybridized carbons (Fsp3) is 0.625. The smallest absolute Gasteiger partial charge is 0.266 e. The Morgan fingerprint density at radius 1 is 1.50 bits per heavy atom. The van der Waals surface area contributed by atoms with Crippen molar-refractivity contribution in [3.8, 4) is 0 Å². The van der Waals surface area contributed by atoms with Gasteiger partial charge in [0.05, 0.1) is 11.8 Å². The highest BCUT2D eigenvalue weighted by Gasteiger charge is 2.10. The minimum absolute atomic E-state index is 0.0478. The molecule has 0 saturated carbocycles. The van der Waals surface area contributed by atoms with Gasteiger partial charge in [-0.2, -0.15) is 8.42 Å². The number of hydrogen-bond donors (Lipinski definition) is 4. The first-order valence-corrected chi connectivity index (χ1v) is 6.18. The lowest BCUT2D eigenvalue weighted by Gasteiger charge is -2.09. The summed E-state index contributed by atoms with van der Waals surface area (Å²) in [5.74, 6) is -1.14. The van der Waals surface area contributed by atoms with Crippen LogP contribution in [0.4, 0.5) is 0 Å². The molecule has 0 aliphatic carbocycles. The lowest BCUT2D eigenvalue weighted by molar-refractivity contribution is -0.121. The van der Waals surface area contributed by atoms with Crippen LogP contribution in [0.1, 0.15) is 12.8 Å². The first-order valence-electron chi connectivity index (χ1n) is 4.57. The Morgan fingerprint density at radius 2 is 2.06 bits per heavy atom. The standard InChI is InChI=1S/C8H16N2O5S/c1-6(11)7(9)2-3-8(12)10-4-5-16(13,14)15/h7,11H,1-5,9H2,(H,10,12)(H,13,14,15). The summed E-state index contributed by atoms with van der Waals surface area (Å²) in [5.41, 5.74) is 5.40. The van der Waals surface area contributed by atoms with Gasteiger partial charge in [-0.1, -0.05) is 6.58 Å². The molecule has 16 heavy (non-hydrogen) atoms. The van der Waals surface area contributed by atoms with Crippen LogP contribution in [0.25, 0.3) is 0 Å². The van der Waals surface area contributed by atoms with Gasteiger partial charge in [-0.15, -0.1) is 0 Å². The number of nitrogens with one attached hydrogen (secondary N) is 1. The van der Waals surface area contributed by atoms with Crippen LogP contribution in [0.3, 0.4) is 0 Å². The molecular weight excluding hydrogens is 236 g/mol. The van der Waals surface area contributed by atoms with Crippen molar-refractivity contribution < 1.29 is 22.9 Å². The second kappa shape index (κ2) is 6.46. The van der Waals surface area contributed by atoms with E-state index in [4.69, 9.17) is 15.4 Å². The van der Waals surface area contributed by atoms with Gasteiger partial charge in [0.2, 0.25) is 5.91 Å². The van der Waals surface area contributed by atoms with Crippen molar-refractivity contribution in [2.75, 3.05) is 12.3 Å². The van der Waals surface area contributed by atoms with Gasteiger partial charge >= 0.3 is 0 Å². The second-order valence-electron chi connectivity index (χ2n) is 3.27. The number of carbonyl (C=O) groups is 1. The van der Waals surface area contributed by atoms with Gasteiger partial charge in [0.1, 0.15) is 5.76 Å². The van der Waals surface area contributed by atoms with Gasteiger partial charge in [-0.05, 0) is 6.42 Å². The molecule has 8 heteroatoms. The minimum atomic E-state index is -4.06. The van der Waals surface area contributed by atoms with Crippen LogP contribution in [-0.2, 0) is 14.9 Å². The van der Waals surface area contributed by atoms with E-state index < -0.39 is 27.8 Å². The molecule has 1 amide bonds. The van der Waals surface area contributed by atoms with E-state index in [-0.39, 0.29) is 25.1 Å². The number of rotatable bonds is 7. The molecule has 0 fully saturated rings. The third kappa shape index (κ3) is 8.21. The highest BCUT2D eigenvalue weighted by molar-refractivity contribution is 7.85. The van der Waals surface area contributed by atoms with Crippen molar-refractivity contribution in [2.45, 2.75) is 18.9 Å². The number of nitrogens with two attached hydrogens (primary N) is 1. The monoisotopic (exact) mass is 252 g/mol. The average molecular weight is 252 g/mol. The third-order valence-electron chi connectivity index (χ3n) is 1.79. The van der Waals surface area contributed by atoms with E-state index in [1.54, 1.807) is 0 Å². The van der Waals surface area contributed by atoms with Crippen molar-refractivity contribution in [1.29, 1.82) is 0 Å². The van der Waals surface area contributed by atoms with Crippen LogP contribution in [0.15, 0.2) is 12.3 Å². The predicted octanol–water partition coefficient (Wildman–Crippen LogP) is -0.830. The number of aliphatic hydroxyl groups is 1. The molecule has 0 bridgehead atoms. The van der Waals surface area contributed by atoms with Crippen LogP contribution in [-0.4, -0.2) is 42.3 Å². The zero-order valence-corrected chi connectivity index (χ0v) is 9.53. The van der Waals surface area contributed by atoms with E-state index in [1.165, 1.54) is 0 Å². The number of aliphatic hydroxyl groups excluding tert-OH is 1. The molecule has 1 unspecified atom stereocenters. The van der Waals surface area contributed by atoms with E-state index in [9.17, 15) is 13.2 Å². The Labute approximate surface area is 94.1 Å². The minimum Gasteiger partial charge on any atom is -0.511 e. The number of amides is 1. The molecular formula is C8H16N2O5S. The van der Waals surface area contributed by atoms with Gasteiger partial charge in [-0.3, -0.25) is 9.35 Å². The van der Waals surface area contributed by atoms with Gasteiger partial charge in [-0.25, -0.2) is 0 Å². The van der Waals surface area contributed by atoms with Crippen molar-refractivity contribution in [1.82, 2.24) is 5.32 Å². The van der Waals surface area contributed by atoms with Crippen LogP contribution in [0.5, 0.6) is 0 Å². The number of hydrogen-bond acceptors (Lipinski definition) is 5. The Balaban J connectivity index is 3.72. The number of carbonyl (C=O) groups excluding carboxylic acids is 1. The summed E-state index contributed by atoms with van der Waals surface area (Å²) in [6, 6.07) is -0.674. The molecule has 1 atom stereocenters. The molecule has 0 heterocycles. The van der Waals surface area contributed by atoms with E-state index in [0.29, 0.717) is 0 Å². The van der Waals surface area contributed by atoms with Crippen LogP contribution in [0.2, 0.25) is 0 Å². The van der Waals surface area contributed by atoms with E-state index in [1.807, 2.05) is 0 Å². The summed E-state index contributed by atoms with van der Waals surface area (Å²) in [6.45, 7) is 3.05. The van der Waals surface area contributed by atoms with E-state index in [0.717, 1.165) is 0 Å². The van der Waals surface area contributed by atoms with Crippen LogP contribution in [0, 0.1) is 0 Å². The molecule has 0 spiro atoms. The third-order valence-corrected chi connectivity index (χ3v) is 2.51. The Morgan fingerprint density at radius 3 is 2.50 bits per heavy atom. The first-order chi connectivity index (χ1) is 7.22. The van der Waals surface area contributed by atoms with Crippen LogP contribution >= 0.6 is 0 Å². The molecule has 0 aromatic heterocycles. The second-order valence-corrected chi connectivity index (χ2v) is 4.84. The lowest BCUT2D eigenvalue weighted by atomic mass is 10.1. The van der Waals surface area contributed by atoms with Gasteiger partial charge in [0, 0.05) is 13.0 Å². The SMILES string of the molecule is C=C(O)C(N)CCC(=O)NCCS(=O)(=O)O. The van der Waals surface area contributed by atoms with Crippen molar-refractivity contribution in [3.63, 3.8) is 0 Å². The Kier molecular flexibility index (Phi) is 6.01. The maximum atomic E-state index is 11.1. The molecule has 0 aromatic rings. The van der Waals surface area contributed by atoms with Crippen LogP contribution < -0.4 is 11.1 Å². The maximum Gasteiger partial charge on any atom is 0.266 e. The summed E-state index contributed by atoms with van der Waals surface area (Å²) in [5, 5.41) is 11.1. The quantitative estimate of drug-likeness (QED) is 0.345.